The van der Waals surface area contributed by atoms with Crippen molar-refractivity contribution in [3.05, 3.63) is 53.1 Å². The maximum absolute atomic E-state index is 12.9. The Morgan fingerprint density at radius 2 is 2.12 bits per heavy atom. The van der Waals surface area contributed by atoms with Crippen LogP contribution < -0.4 is 5.73 Å². The quantitative estimate of drug-likeness (QED) is 0.853. The number of rotatable bonds is 4. The number of halogens is 2. The first kappa shape index (κ1) is 22.4. The summed E-state index contributed by atoms with van der Waals surface area (Å²) >= 11 is 0. The number of carbonyl (C=O) groups is 1. The first-order valence-corrected chi connectivity index (χ1v) is 8.27. The molecule has 2 aromatic heterocycles. The monoisotopic (exact) mass is 400 g/mol. The van der Waals surface area contributed by atoms with Gasteiger partial charge in [-0.25, -0.2) is 0 Å². The van der Waals surface area contributed by atoms with Crippen molar-refractivity contribution in [3.8, 4) is 0 Å². The molecule has 1 saturated heterocycles. The Balaban J connectivity index is 0.00000169. The van der Waals surface area contributed by atoms with E-state index in [0.717, 1.165) is 22.6 Å². The molecule has 1 atom stereocenters. The van der Waals surface area contributed by atoms with Gasteiger partial charge in [-0.15, -0.1) is 24.8 Å². The summed E-state index contributed by atoms with van der Waals surface area (Å²) in [6.45, 7) is 6.82. The highest BCUT2D eigenvalue weighted by molar-refractivity contribution is 5.95. The summed E-state index contributed by atoms with van der Waals surface area (Å²) in [5.41, 5.74) is 9.44. The predicted molar refractivity (Wildman–Crippen MR) is 106 cm³/mol. The fourth-order valence-electron chi connectivity index (χ4n) is 3.13. The van der Waals surface area contributed by atoms with Gasteiger partial charge in [0.2, 0.25) is 0 Å². The van der Waals surface area contributed by atoms with Crippen LogP contribution in [0.3, 0.4) is 0 Å². The Bertz CT molecular complexity index is 721. The van der Waals surface area contributed by atoms with Crippen LogP contribution in [0.25, 0.3) is 0 Å². The van der Waals surface area contributed by atoms with E-state index in [2.05, 4.69) is 9.55 Å². The first-order valence-electron chi connectivity index (χ1n) is 8.27. The normalized spacial score (nSPS) is 16.6. The number of nitrogens with two attached hydrogens (primary N) is 1. The van der Waals surface area contributed by atoms with Gasteiger partial charge in [-0.3, -0.25) is 9.78 Å². The smallest absolute Gasteiger partial charge is 0.255 e. The number of amides is 1. The third-order valence-corrected chi connectivity index (χ3v) is 4.54. The fourth-order valence-corrected chi connectivity index (χ4v) is 3.13. The van der Waals surface area contributed by atoms with Crippen LogP contribution in [-0.4, -0.2) is 52.7 Å². The minimum absolute atomic E-state index is 0. The zero-order chi connectivity index (χ0) is 17.1. The molecule has 0 aliphatic carbocycles. The number of carbonyl (C=O) groups excluding carboxylic acids is 1. The van der Waals surface area contributed by atoms with Gasteiger partial charge in [0, 0.05) is 37.2 Å². The highest BCUT2D eigenvalue weighted by atomic mass is 35.5. The van der Waals surface area contributed by atoms with Crippen LogP contribution in [0.15, 0.2) is 30.5 Å². The summed E-state index contributed by atoms with van der Waals surface area (Å²) < 4.78 is 7.68. The van der Waals surface area contributed by atoms with Gasteiger partial charge in [-0.1, -0.05) is 6.07 Å². The van der Waals surface area contributed by atoms with Crippen molar-refractivity contribution in [2.45, 2.75) is 26.5 Å². The molecule has 1 unspecified atom stereocenters. The minimum atomic E-state index is -0.0697. The van der Waals surface area contributed by atoms with Crippen molar-refractivity contribution in [2.75, 3.05) is 26.2 Å². The van der Waals surface area contributed by atoms with Crippen LogP contribution in [0.4, 0.5) is 0 Å². The average Bonchev–Trinajstić information content (AvgIpc) is 2.90. The molecule has 26 heavy (non-hydrogen) atoms. The number of pyridine rings is 1. The van der Waals surface area contributed by atoms with Crippen LogP contribution in [0.5, 0.6) is 0 Å². The summed E-state index contributed by atoms with van der Waals surface area (Å²) in [4.78, 5) is 19.1. The highest BCUT2D eigenvalue weighted by Gasteiger charge is 2.26. The molecule has 1 amide bonds. The Morgan fingerprint density at radius 1 is 1.35 bits per heavy atom. The topological polar surface area (TPSA) is 73.4 Å². The van der Waals surface area contributed by atoms with Crippen LogP contribution in [0, 0.1) is 13.8 Å². The van der Waals surface area contributed by atoms with E-state index in [1.807, 2.05) is 43.0 Å². The lowest BCUT2D eigenvalue weighted by Crippen LogP contribution is -2.48. The summed E-state index contributed by atoms with van der Waals surface area (Å²) in [6.07, 6.45) is 1.72. The molecule has 0 radical (unpaired) electrons. The number of hydrogen-bond acceptors (Lipinski definition) is 4. The van der Waals surface area contributed by atoms with E-state index < -0.39 is 0 Å². The standard InChI is InChI=1S/C18H24N4O2.2ClH/c1-13-9-17(18(23)21-7-8-24-16(10-19)12-21)14(2)22(13)11-15-5-3-4-6-20-15;;/h3-6,9,16H,7-8,10-12,19H2,1-2H3;2*1H. The summed E-state index contributed by atoms with van der Waals surface area (Å²) in [7, 11) is 0. The summed E-state index contributed by atoms with van der Waals surface area (Å²) in [5.74, 6) is 0.0529. The van der Waals surface area contributed by atoms with E-state index in [1.54, 1.807) is 6.20 Å². The van der Waals surface area contributed by atoms with Crippen molar-refractivity contribution in [3.63, 3.8) is 0 Å². The lowest BCUT2D eigenvalue weighted by atomic mass is 10.2. The van der Waals surface area contributed by atoms with Gasteiger partial charge in [-0.2, -0.15) is 0 Å². The molecule has 8 heteroatoms. The number of nitrogens with zero attached hydrogens (tertiary/aromatic N) is 3. The number of hydrogen-bond donors (Lipinski definition) is 1. The van der Waals surface area contributed by atoms with Crippen molar-refractivity contribution < 1.29 is 9.53 Å². The van der Waals surface area contributed by atoms with E-state index >= 15 is 0 Å². The second-order valence-corrected chi connectivity index (χ2v) is 6.17. The van der Waals surface area contributed by atoms with E-state index in [0.29, 0.717) is 32.8 Å². The molecule has 1 aliphatic heterocycles. The van der Waals surface area contributed by atoms with Gasteiger partial charge in [-0.05, 0) is 32.0 Å². The third-order valence-electron chi connectivity index (χ3n) is 4.54. The van der Waals surface area contributed by atoms with Crippen molar-refractivity contribution in [1.29, 1.82) is 0 Å². The molecule has 2 N–H and O–H groups in total. The molecule has 2 aromatic rings. The zero-order valence-electron chi connectivity index (χ0n) is 15.1. The van der Waals surface area contributed by atoms with Crippen LogP contribution in [0.1, 0.15) is 27.4 Å². The molecule has 3 rings (SSSR count). The number of aryl methyl sites for hydroxylation is 1. The highest BCUT2D eigenvalue weighted by Crippen LogP contribution is 2.19. The van der Waals surface area contributed by atoms with E-state index in [1.165, 1.54) is 0 Å². The largest absolute Gasteiger partial charge is 0.373 e. The second kappa shape index (κ2) is 9.92. The number of morpholine rings is 1. The number of aromatic nitrogens is 2. The van der Waals surface area contributed by atoms with Gasteiger partial charge >= 0.3 is 0 Å². The van der Waals surface area contributed by atoms with E-state index in [9.17, 15) is 4.79 Å². The molecular weight excluding hydrogens is 375 g/mol. The van der Waals surface area contributed by atoms with Crippen molar-refractivity contribution >= 4 is 30.7 Å². The average molecular weight is 401 g/mol. The molecule has 0 saturated carbocycles. The van der Waals surface area contributed by atoms with Crippen molar-refractivity contribution in [2.24, 2.45) is 5.73 Å². The molecule has 3 heterocycles. The predicted octanol–water partition coefficient (Wildman–Crippen LogP) is 2.19. The lowest BCUT2D eigenvalue weighted by molar-refractivity contribution is -0.0167. The van der Waals surface area contributed by atoms with E-state index in [4.69, 9.17) is 10.5 Å². The lowest BCUT2D eigenvalue weighted by Gasteiger charge is -2.32. The molecule has 0 aromatic carbocycles. The minimum Gasteiger partial charge on any atom is -0.373 e. The van der Waals surface area contributed by atoms with Crippen molar-refractivity contribution in [1.82, 2.24) is 14.5 Å². The molecule has 0 spiro atoms. The molecule has 1 aliphatic rings. The van der Waals surface area contributed by atoms with Crippen LogP contribution >= 0.6 is 24.8 Å². The second-order valence-electron chi connectivity index (χ2n) is 6.17. The van der Waals surface area contributed by atoms with Crippen LogP contribution in [-0.2, 0) is 11.3 Å². The van der Waals surface area contributed by atoms with Gasteiger partial charge in [0.25, 0.3) is 5.91 Å². The molecule has 0 bridgehead atoms. The van der Waals surface area contributed by atoms with Gasteiger partial charge in [0.1, 0.15) is 0 Å². The Morgan fingerprint density at radius 3 is 2.77 bits per heavy atom. The van der Waals surface area contributed by atoms with Gasteiger partial charge in [0.05, 0.1) is 30.5 Å². The SMILES string of the molecule is Cc1cc(C(=O)N2CCOC(CN)C2)c(C)n1Cc1ccccn1.Cl.Cl. The maximum Gasteiger partial charge on any atom is 0.255 e. The third kappa shape index (κ3) is 4.76. The van der Waals surface area contributed by atoms with Gasteiger partial charge in [0.15, 0.2) is 0 Å². The van der Waals surface area contributed by atoms with E-state index in [-0.39, 0.29) is 36.8 Å². The number of ether oxygens (including phenoxy) is 1. The summed E-state index contributed by atoms with van der Waals surface area (Å²) in [5, 5.41) is 0. The first-order chi connectivity index (χ1) is 11.6. The van der Waals surface area contributed by atoms with Gasteiger partial charge < -0.3 is 19.9 Å². The van der Waals surface area contributed by atoms with Crippen LogP contribution in [0.2, 0.25) is 0 Å². The molecule has 1 fully saturated rings. The Hall–Kier alpha value is -1.60. The Kier molecular flexibility index (Phi) is 8.56. The molecule has 144 valence electrons. The Labute approximate surface area is 166 Å². The molecule has 6 nitrogen and oxygen atoms in total. The summed E-state index contributed by atoms with van der Waals surface area (Å²) in [6, 6.07) is 7.84. The fraction of sp³-hybridized carbons (Fsp3) is 0.444. The maximum atomic E-state index is 12.9. The molecular formula is C18H26Cl2N4O2. The zero-order valence-corrected chi connectivity index (χ0v) is 16.7.